The van der Waals surface area contributed by atoms with Gasteiger partial charge in [-0.1, -0.05) is 0 Å². The van der Waals surface area contributed by atoms with Crippen molar-refractivity contribution in [1.29, 1.82) is 0 Å². The molecule has 0 aromatic heterocycles. The zero-order valence-corrected chi connectivity index (χ0v) is 19.5. The van der Waals surface area contributed by atoms with Crippen molar-refractivity contribution in [3.63, 3.8) is 0 Å². The van der Waals surface area contributed by atoms with Crippen LogP contribution >= 0.6 is 0 Å². The Morgan fingerprint density at radius 2 is 0.560 bits per heavy atom. The summed E-state index contributed by atoms with van der Waals surface area (Å²) in [6.07, 6.45) is -9.06. The zero-order valence-electron chi connectivity index (χ0n) is 11.4. The molecule has 0 spiro atoms. The predicted molar refractivity (Wildman–Crippen MR) is 92.4 cm³/mol. The van der Waals surface area contributed by atoms with E-state index < -0.39 is 48.3 Å². The first kappa shape index (κ1) is 46.0. The molecule has 0 saturated carbocycles. The minimum atomic E-state index is -2.27. The van der Waals surface area contributed by atoms with E-state index in [1.54, 1.807) is 0 Å². The van der Waals surface area contributed by atoms with E-state index in [0.29, 0.717) is 0 Å². The normalized spacial score (nSPS) is 12.6. The molecular weight excluding hydrogens is 626 g/mol. The first-order chi connectivity index (χ1) is 8.93. The molecule has 25 heavy (non-hydrogen) atoms. The van der Waals surface area contributed by atoms with Gasteiger partial charge in [-0.2, -0.15) is 0 Å². The number of aliphatic hydroxyl groups excluding tert-OH is 4. The summed E-state index contributed by atoms with van der Waals surface area (Å²) in [4.78, 5) is 39.1. The van der Waals surface area contributed by atoms with Gasteiger partial charge in [-0.05, 0) is 0 Å². The summed E-state index contributed by atoms with van der Waals surface area (Å²) in [6, 6.07) is 0. The first-order valence-corrected chi connectivity index (χ1v) is 4.57. The van der Waals surface area contributed by atoms with Crippen molar-refractivity contribution in [3.05, 3.63) is 0 Å². The molecule has 0 amide bonds. The van der Waals surface area contributed by atoms with Gasteiger partial charge in [0.15, 0.2) is 24.4 Å². The van der Waals surface area contributed by atoms with E-state index in [1.807, 2.05) is 0 Å². The SMILES string of the molecule is O.O=C(O)C(O)C(O)C(=O)O.O=C(O)C(O)C(O)C(=O)O.[KH].[KH].[SbH3].[SbH3]. The van der Waals surface area contributed by atoms with Crippen molar-refractivity contribution in [1.82, 2.24) is 0 Å². The maximum atomic E-state index is 9.77. The Kier molecular flexibility index (Phi) is 45.3. The number of carboxylic acids is 4. The molecule has 0 rings (SSSR count). The number of aliphatic hydroxyl groups is 4. The van der Waals surface area contributed by atoms with Crippen LogP contribution < -0.4 is 0 Å². The second-order valence-electron chi connectivity index (χ2n) is 3.13. The van der Waals surface area contributed by atoms with Crippen LogP contribution in [-0.2, 0) is 19.2 Å². The van der Waals surface area contributed by atoms with Crippen molar-refractivity contribution >= 4 is 176 Å². The maximum absolute atomic E-state index is 9.77. The molecule has 0 fully saturated rings. The van der Waals surface area contributed by atoms with Gasteiger partial charge in [-0.3, -0.25) is 0 Å². The minimum absolute atomic E-state index is 0. The van der Waals surface area contributed by atoms with Crippen LogP contribution in [0.25, 0.3) is 0 Å². The van der Waals surface area contributed by atoms with Crippen molar-refractivity contribution in [2.75, 3.05) is 0 Å². The molecule has 0 heterocycles. The summed E-state index contributed by atoms with van der Waals surface area (Å²) in [5.74, 6) is -7.07. The van der Waals surface area contributed by atoms with Crippen LogP contribution in [0, 0.1) is 0 Å². The molecule has 13 nitrogen and oxygen atoms in total. The summed E-state index contributed by atoms with van der Waals surface area (Å²) < 4.78 is 0. The standard InChI is InChI=1S/2C4H6O6.2K.H2O.2Sb.8H/c2*5-1(3(7)8)2(6)4(9)10;;;;;;;;;;;;;/h2*1-2,5-6H,(H,7,8)(H,9,10);;;1H2;;;;;;;;;;. The molecule has 0 aliphatic heterocycles. The van der Waals surface area contributed by atoms with Gasteiger partial charge < -0.3 is 46.3 Å². The quantitative estimate of drug-likeness (QED) is 0.125. The molecule has 4 atom stereocenters. The second-order valence-corrected chi connectivity index (χ2v) is 3.13. The molecule has 10 N–H and O–H groups in total. The summed E-state index contributed by atoms with van der Waals surface area (Å²) >= 11 is 0. The van der Waals surface area contributed by atoms with Gasteiger partial charge in [0.05, 0.1) is 0 Å². The fourth-order valence-corrected chi connectivity index (χ4v) is 0.540. The fourth-order valence-electron chi connectivity index (χ4n) is 0.540. The van der Waals surface area contributed by atoms with Crippen molar-refractivity contribution < 1.29 is 65.5 Å². The molecule has 17 heteroatoms. The Bertz CT molecular complexity index is 324. The van der Waals surface area contributed by atoms with Crippen LogP contribution in [0.2, 0.25) is 0 Å². The fraction of sp³-hybridized carbons (Fsp3) is 0.500. The molecule has 0 aliphatic rings. The van der Waals surface area contributed by atoms with Gasteiger partial charge in [0.1, 0.15) is 0 Å². The van der Waals surface area contributed by atoms with E-state index in [-0.39, 0.29) is 157 Å². The summed E-state index contributed by atoms with van der Waals surface area (Å²) in [5, 5.41) is 65.1. The molecular formula is C8H22K2O13Sb2. The van der Waals surface area contributed by atoms with Gasteiger partial charge in [-0.15, -0.1) is 0 Å². The molecule has 0 aromatic carbocycles. The van der Waals surface area contributed by atoms with E-state index in [2.05, 4.69) is 0 Å². The van der Waals surface area contributed by atoms with Crippen LogP contribution in [0.4, 0.5) is 0 Å². The summed E-state index contributed by atoms with van der Waals surface area (Å²) in [6.45, 7) is 0. The summed E-state index contributed by atoms with van der Waals surface area (Å²) in [5.41, 5.74) is 0. The molecule has 0 saturated heterocycles. The number of rotatable bonds is 6. The Morgan fingerprint density at radius 3 is 0.600 bits per heavy atom. The third-order valence-electron chi connectivity index (χ3n) is 1.61. The van der Waals surface area contributed by atoms with Crippen LogP contribution in [0.15, 0.2) is 0 Å². The number of hydrogen-bond acceptors (Lipinski definition) is 8. The van der Waals surface area contributed by atoms with Gasteiger partial charge in [0.2, 0.25) is 0 Å². The Hall–Kier alpha value is 2.59. The third-order valence-corrected chi connectivity index (χ3v) is 1.61. The number of aliphatic carboxylic acids is 4. The number of carbonyl (C=O) groups is 4. The first-order valence-electron chi connectivity index (χ1n) is 4.57. The third kappa shape index (κ3) is 22.7. The van der Waals surface area contributed by atoms with E-state index in [9.17, 15) is 19.2 Å². The van der Waals surface area contributed by atoms with Crippen molar-refractivity contribution in [3.8, 4) is 0 Å². The Morgan fingerprint density at radius 1 is 0.480 bits per heavy atom. The Balaban J connectivity index is -0.0000000432. The molecule has 0 aromatic rings. The van der Waals surface area contributed by atoms with Crippen molar-refractivity contribution in [2.45, 2.75) is 24.4 Å². The topological polar surface area (TPSA) is 262 Å². The number of carboxylic acid groups (broad SMARTS) is 4. The molecule has 0 bridgehead atoms. The second kappa shape index (κ2) is 24.6. The monoisotopic (exact) mass is 646 g/mol. The zero-order chi connectivity index (χ0) is 16.6. The Labute approximate surface area is 260 Å². The van der Waals surface area contributed by atoms with Gasteiger partial charge in [0.25, 0.3) is 0 Å². The van der Waals surface area contributed by atoms with E-state index in [1.165, 1.54) is 0 Å². The molecule has 4 unspecified atom stereocenters. The van der Waals surface area contributed by atoms with E-state index in [0.717, 1.165) is 0 Å². The van der Waals surface area contributed by atoms with Crippen LogP contribution in [0.3, 0.4) is 0 Å². The van der Waals surface area contributed by atoms with Gasteiger partial charge >= 0.3 is 176 Å². The summed E-state index contributed by atoms with van der Waals surface area (Å²) in [7, 11) is 0. The van der Waals surface area contributed by atoms with Crippen LogP contribution in [0.5, 0.6) is 0 Å². The van der Waals surface area contributed by atoms with Crippen molar-refractivity contribution in [2.24, 2.45) is 0 Å². The van der Waals surface area contributed by atoms with E-state index >= 15 is 0 Å². The van der Waals surface area contributed by atoms with Crippen LogP contribution in [0.1, 0.15) is 0 Å². The average Bonchev–Trinajstić information content (AvgIpc) is 2.35. The number of hydrogen-bond donors (Lipinski definition) is 8. The average molecular weight is 648 g/mol. The van der Waals surface area contributed by atoms with Gasteiger partial charge in [-0.25, -0.2) is 19.2 Å². The van der Waals surface area contributed by atoms with Gasteiger partial charge in [0, 0.05) is 0 Å². The van der Waals surface area contributed by atoms with Crippen LogP contribution in [-0.4, -0.2) is 246 Å². The molecule has 144 valence electrons. The predicted octanol–water partition coefficient (Wildman–Crippen LogP) is -8.73. The van der Waals surface area contributed by atoms with E-state index in [4.69, 9.17) is 40.9 Å². The molecule has 0 radical (unpaired) electrons. The molecule has 0 aliphatic carbocycles.